The molecule has 1 heterocycles. The molecule has 2 aromatic rings. The Morgan fingerprint density at radius 2 is 2.24 bits per heavy atom. The van der Waals surface area contributed by atoms with Crippen LogP contribution in [0.4, 0.5) is 10.1 Å². The number of benzene rings is 1. The van der Waals surface area contributed by atoms with Crippen molar-refractivity contribution in [2.75, 3.05) is 0 Å². The highest BCUT2D eigenvalue weighted by Crippen LogP contribution is 2.23. The first-order valence-corrected chi connectivity index (χ1v) is 5.84. The Balaban J connectivity index is 2.17. The number of amidine groups is 1. The molecule has 3 N–H and O–H groups in total. The van der Waals surface area contributed by atoms with Gasteiger partial charge in [0.05, 0.1) is 11.0 Å². The van der Waals surface area contributed by atoms with Gasteiger partial charge in [0.1, 0.15) is 18.1 Å². The number of aromatic nitrogens is 1. The predicted octanol–water partition coefficient (Wildman–Crippen LogP) is 1.99. The Morgan fingerprint density at radius 3 is 2.86 bits per heavy atom. The topological polar surface area (TPSA) is 115 Å². The van der Waals surface area contributed by atoms with Gasteiger partial charge in [-0.2, -0.15) is 0 Å². The van der Waals surface area contributed by atoms with Crippen LogP contribution in [0.2, 0.25) is 0 Å². The van der Waals surface area contributed by atoms with E-state index in [2.05, 4.69) is 4.98 Å². The third kappa shape index (κ3) is 3.30. The molecule has 1 aromatic heterocycles. The Bertz CT molecular complexity index is 706. The number of hydrogen-bond donors (Lipinski definition) is 2. The fraction of sp³-hybridized carbons (Fsp3) is 0.0769. The van der Waals surface area contributed by atoms with Crippen LogP contribution in [0, 0.1) is 21.3 Å². The molecular formula is C13H11FN4O3. The van der Waals surface area contributed by atoms with Gasteiger partial charge in [-0.05, 0) is 12.1 Å². The van der Waals surface area contributed by atoms with Crippen molar-refractivity contribution < 1.29 is 14.1 Å². The van der Waals surface area contributed by atoms with Gasteiger partial charge >= 0.3 is 0 Å². The summed E-state index contributed by atoms with van der Waals surface area (Å²) in [7, 11) is 0. The Labute approximate surface area is 118 Å². The van der Waals surface area contributed by atoms with Gasteiger partial charge in [-0.15, -0.1) is 0 Å². The lowest BCUT2D eigenvalue weighted by atomic mass is 10.2. The SMILES string of the molecule is N=C(N)c1ncccc1COc1ccc([N+](=O)[O-])cc1F. The molecule has 0 aliphatic rings. The number of nitrogens with one attached hydrogen (secondary N) is 1. The molecule has 0 amide bonds. The van der Waals surface area contributed by atoms with E-state index in [1.54, 1.807) is 12.1 Å². The summed E-state index contributed by atoms with van der Waals surface area (Å²) in [5, 5.41) is 17.9. The maximum atomic E-state index is 13.7. The van der Waals surface area contributed by atoms with Crippen molar-refractivity contribution in [1.82, 2.24) is 4.98 Å². The molecule has 1 aromatic carbocycles. The summed E-state index contributed by atoms with van der Waals surface area (Å²) in [5.74, 6) is -1.19. The lowest BCUT2D eigenvalue weighted by molar-refractivity contribution is -0.385. The second kappa shape index (κ2) is 5.95. The van der Waals surface area contributed by atoms with Gasteiger partial charge in [-0.25, -0.2) is 4.39 Å². The van der Waals surface area contributed by atoms with Crippen molar-refractivity contribution in [3.05, 3.63) is 63.7 Å². The van der Waals surface area contributed by atoms with E-state index in [0.29, 0.717) is 5.56 Å². The molecule has 0 atom stereocenters. The van der Waals surface area contributed by atoms with E-state index in [0.717, 1.165) is 12.1 Å². The largest absolute Gasteiger partial charge is 0.486 e. The van der Waals surface area contributed by atoms with Crippen LogP contribution in [-0.2, 0) is 6.61 Å². The molecule has 0 aliphatic carbocycles. The summed E-state index contributed by atoms with van der Waals surface area (Å²) < 4.78 is 18.9. The summed E-state index contributed by atoms with van der Waals surface area (Å²) in [5.41, 5.74) is 5.79. The molecule has 108 valence electrons. The number of hydrogen-bond acceptors (Lipinski definition) is 5. The van der Waals surface area contributed by atoms with Gasteiger partial charge in [0, 0.05) is 17.8 Å². The van der Waals surface area contributed by atoms with Crippen molar-refractivity contribution in [2.45, 2.75) is 6.61 Å². The summed E-state index contributed by atoms with van der Waals surface area (Å²) in [6.07, 6.45) is 1.48. The average molecular weight is 290 g/mol. The van der Waals surface area contributed by atoms with Crippen LogP contribution in [-0.4, -0.2) is 15.7 Å². The third-order valence-corrected chi connectivity index (χ3v) is 2.66. The van der Waals surface area contributed by atoms with Crippen molar-refractivity contribution in [2.24, 2.45) is 5.73 Å². The monoisotopic (exact) mass is 290 g/mol. The molecule has 21 heavy (non-hydrogen) atoms. The number of nitrogens with zero attached hydrogens (tertiary/aromatic N) is 2. The second-order valence-electron chi connectivity index (χ2n) is 4.09. The van der Waals surface area contributed by atoms with Gasteiger partial charge < -0.3 is 10.5 Å². The van der Waals surface area contributed by atoms with E-state index in [-0.39, 0.29) is 29.6 Å². The number of ether oxygens (including phenoxy) is 1. The molecule has 0 saturated heterocycles. The van der Waals surface area contributed by atoms with Crippen LogP contribution in [0.25, 0.3) is 0 Å². The van der Waals surface area contributed by atoms with Gasteiger partial charge in [0.15, 0.2) is 11.6 Å². The van der Waals surface area contributed by atoms with E-state index < -0.39 is 10.7 Å². The zero-order valence-corrected chi connectivity index (χ0v) is 10.7. The van der Waals surface area contributed by atoms with Crippen molar-refractivity contribution in [3.63, 3.8) is 0 Å². The van der Waals surface area contributed by atoms with Crippen molar-refractivity contribution >= 4 is 11.5 Å². The maximum absolute atomic E-state index is 13.7. The van der Waals surface area contributed by atoms with Crippen LogP contribution >= 0.6 is 0 Å². The molecule has 0 radical (unpaired) electrons. The second-order valence-corrected chi connectivity index (χ2v) is 4.09. The Morgan fingerprint density at radius 1 is 1.48 bits per heavy atom. The summed E-state index contributed by atoms with van der Waals surface area (Å²) in [6, 6.07) is 6.39. The zero-order chi connectivity index (χ0) is 15.4. The highest BCUT2D eigenvalue weighted by molar-refractivity contribution is 5.94. The molecule has 7 nitrogen and oxygen atoms in total. The number of nitro benzene ring substituents is 1. The van der Waals surface area contributed by atoms with Gasteiger partial charge in [-0.3, -0.25) is 20.5 Å². The zero-order valence-electron chi connectivity index (χ0n) is 10.7. The van der Waals surface area contributed by atoms with Crippen molar-refractivity contribution in [3.8, 4) is 5.75 Å². The molecule has 0 bridgehead atoms. The smallest absolute Gasteiger partial charge is 0.272 e. The summed E-state index contributed by atoms with van der Waals surface area (Å²) in [4.78, 5) is 13.8. The minimum Gasteiger partial charge on any atom is -0.486 e. The van der Waals surface area contributed by atoms with Crippen molar-refractivity contribution in [1.29, 1.82) is 5.41 Å². The van der Waals surface area contributed by atoms with Crippen LogP contribution < -0.4 is 10.5 Å². The highest BCUT2D eigenvalue weighted by Gasteiger charge is 2.13. The predicted molar refractivity (Wildman–Crippen MR) is 72.6 cm³/mol. The molecule has 0 aliphatic heterocycles. The first-order valence-electron chi connectivity index (χ1n) is 5.84. The van der Waals surface area contributed by atoms with Gasteiger partial charge in [0.2, 0.25) is 0 Å². The summed E-state index contributed by atoms with van der Waals surface area (Å²) >= 11 is 0. The first-order chi connectivity index (χ1) is 9.99. The van der Waals surface area contributed by atoms with E-state index in [9.17, 15) is 14.5 Å². The third-order valence-electron chi connectivity index (χ3n) is 2.66. The van der Waals surface area contributed by atoms with Gasteiger partial charge in [0.25, 0.3) is 5.69 Å². The van der Waals surface area contributed by atoms with Crippen LogP contribution in [0.15, 0.2) is 36.5 Å². The number of halogens is 1. The van der Waals surface area contributed by atoms with Crippen LogP contribution in [0.3, 0.4) is 0 Å². The molecule has 0 unspecified atom stereocenters. The lowest BCUT2D eigenvalue weighted by Gasteiger charge is -2.09. The van der Waals surface area contributed by atoms with Crippen LogP contribution in [0.5, 0.6) is 5.75 Å². The molecule has 0 saturated carbocycles. The standard InChI is InChI=1S/C13H11FN4O3/c14-10-6-9(18(19)20)3-4-11(10)21-7-8-2-1-5-17-12(8)13(15)16/h1-6H,7H2,(H3,15,16). The number of non-ortho nitro benzene ring substituents is 1. The number of nitro groups is 1. The minimum absolute atomic E-state index is 0.0581. The number of rotatable bonds is 5. The molecule has 2 rings (SSSR count). The fourth-order valence-electron chi connectivity index (χ4n) is 1.67. The molecular weight excluding hydrogens is 279 g/mol. The fourth-order valence-corrected chi connectivity index (χ4v) is 1.67. The number of pyridine rings is 1. The first kappa shape index (κ1) is 14.4. The number of nitrogen functional groups attached to an aromatic ring is 1. The van der Waals surface area contributed by atoms with E-state index in [4.69, 9.17) is 15.9 Å². The Hall–Kier alpha value is -3.03. The van der Waals surface area contributed by atoms with E-state index in [1.165, 1.54) is 12.3 Å². The average Bonchev–Trinajstić information content (AvgIpc) is 2.46. The molecule has 0 spiro atoms. The lowest BCUT2D eigenvalue weighted by Crippen LogP contribution is -2.16. The highest BCUT2D eigenvalue weighted by atomic mass is 19.1. The number of nitrogens with two attached hydrogens (primary N) is 1. The minimum atomic E-state index is -0.836. The molecule has 8 heteroatoms. The normalized spacial score (nSPS) is 10.1. The maximum Gasteiger partial charge on any atom is 0.272 e. The Kier molecular flexibility index (Phi) is 4.07. The quantitative estimate of drug-likeness (QED) is 0.378. The summed E-state index contributed by atoms with van der Waals surface area (Å²) in [6.45, 7) is -0.0581. The molecule has 0 fully saturated rings. The van der Waals surface area contributed by atoms with E-state index >= 15 is 0 Å². The van der Waals surface area contributed by atoms with Gasteiger partial charge in [-0.1, -0.05) is 6.07 Å². The van der Waals surface area contributed by atoms with E-state index in [1.807, 2.05) is 0 Å². The van der Waals surface area contributed by atoms with Crippen LogP contribution in [0.1, 0.15) is 11.3 Å².